The zero-order valence-electron chi connectivity index (χ0n) is 8.94. The molecule has 0 aliphatic carbocycles. The van der Waals surface area contributed by atoms with Gasteiger partial charge < -0.3 is 5.32 Å². The Labute approximate surface area is 105 Å². The molecule has 2 atom stereocenters. The maximum absolute atomic E-state index is 11.8. The molecule has 0 bridgehead atoms. The molecule has 1 N–H and O–H groups in total. The summed E-state index contributed by atoms with van der Waals surface area (Å²) in [5, 5.41) is 3.29. The SMILES string of the molecule is CC1CNC(c2ccc(Cl)s2)CS(=O)(=O)C1. The van der Waals surface area contributed by atoms with Crippen molar-refractivity contribution in [2.45, 2.75) is 13.0 Å². The first-order chi connectivity index (χ1) is 7.46. The van der Waals surface area contributed by atoms with E-state index in [9.17, 15) is 8.42 Å². The van der Waals surface area contributed by atoms with Gasteiger partial charge in [0.2, 0.25) is 0 Å². The largest absolute Gasteiger partial charge is 0.308 e. The number of nitrogens with one attached hydrogen (secondary N) is 1. The molecule has 90 valence electrons. The Morgan fingerprint density at radius 2 is 2.19 bits per heavy atom. The molecule has 1 saturated heterocycles. The molecular weight excluding hydrogens is 266 g/mol. The van der Waals surface area contributed by atoms with Crippen LogP contribution in [0.25, 0.3) is 0 Å². The van der Waals surface area contributed by atoms with Crippen LogP contribution in [-0.4, -0.2) is 26.5 Å². The van der Waals surface area contributed by atoms with Crippen molar-refractivity contribution in [2.24, 2.45) is 5.92 Å². The van der Waals surface area contributed by atoms with Crippen molar-refractivity contribution in [1.29, 1.82) is 0 Å². The lowest BCUT2D eigenvalue weighted by Gasteiger charge is -2.13. The molecule has 1 aromatic heterocycles. The fourth-order valence-electron chi connectivity index (χ4n) is 1.92. The molecule has 16 heavy (non-hydrogen) atoms. The zero-order valence-corrected chi connectivity index (χ0v) is 11.3. The van der Waals surface area contributed by atoms with Crippen LogP contribution < -0.4 is 5.32 Å². The number of hydrogen-bond acceptors (Lipinski definition) is 4. The lowest BCUT2D eigenvalue weighted by Crippen LogP contribution is -2.25. The molecule has 2 unspecified atom stereocenters. The van der Waals surface area contributed by atoms with Gasteiger partial charge in [0, 0.05) is 4.88 Å². The first kappa shape index (κ1) is 12.4. The van der Waals surface area contributed by atoms with E-state index >= 15 is 0 Å². The van der Waals surface area contributed by atoms with Gasteiger partial charge in [-0.05, 0) is 24.6 Å². The Hall–Kier alpha value is -0.100. The average Bonchev–Trinajstić information content (AvgIpc) is 2.52. The third-order valence-corrected chi connectivity index (χ3v) is 5.87. The molecule has 0 radical (unpaired) electrons. The predicted molar refractivity (Wildman–Crippen MR) is 67.9 cm³/mol. The Bertz CT molecular complexity index is 469. The fourth-order valence-corrected chi connectivity index (χ4v) is 5.08. The summed E-state index contributed by atoms with van der Waals surface area (Å²) in [6, 6.07) is 3.60. The summed E-state index contributed by atoms with van der Waals surface area (Å²) >= 11 is 7.31. The Morgan fingerprint density at radius 3 is 2.81 bits per heavy atom. The lowest BCUT2D eigenvalue weighted by molar-refractivity contribution is 0.522. The van der Waals surface area contributed by atoms with E-state index in [-0.39, 0.29) is 23.5 Å². The molecule has 0 spiro atoms. The molecule has 2 rings (SSSR count). The van der Waals surface area contributed by atoms with Gasteiger partial charge in [0.1, 0.15) is 0 Å². The first-order valence-corrected chi connectivity index (χ1v) is 8.17. The minimum absolute atomic E-state index is 0.104. The summed E-state index contributed by atoms with van der Waals surface area (Å²) in [6.07, 6.45) is 0. The van der Waals surface area contributed by atoms with E-state index in [0.29, 0.717) is 4.34 Å². The van der Waals surface area contributed by atoms with Gasteiger partial charge in [-0.15, -0.1) is 11.3 Å². The van der Waals surface area contributed by atoms with E-state index < -0.39 is 9.84 Å². The maximum Gasteiger partial charge on any atom is 0.152 e. The molecule has 0 amide bonds. The van der Waals surface area contributed by atoms with E-state index in [0.717, 1.165) is 11.4 Å². The Morgan fingerprint density at radius 1 is 1.44 bits per heavy atom. The topological polar surface area (TPSA) is 46.2 Å². The molecule has 6 heteroatoms. The monoisotopic (exact) mass is 279 g/mol. The lowest BCUT2D eigenvalue weighted by atomic mass is 10.2. The van der Waals surface area contributed by atoms with Crippen molar-refractivity contribution in [1.82, 2.24) is 5.32 Å². The standard InChI is InChI=1S/C10H14ClNO2S2/c1-7-4-12-8(6-16(13,14)5-7)9-2-3-10(11)15-9/h2-3,7-8,12H,4-6H2,1H3. The van der Waals surface area contributed by atoms with Crippen LogP contribution in [0.2, 0.25) is 4.34 Å². The Kier molecular flexibility index (Phi) is 3.59. The van der Waals surface area contributed by atoms with Gasteiger partial charge in [-0.25, -0.2) is 8.42 Å². The number of thiophene rings is 1. The summed E-state index contributed by atoms with van der Waals surface area (Å²) in [6.45, 7) is 2.69. The molecule has 0 saturated carbocycles. The second-order valence-corrected chi connectivity index (χ2v) is 8.19. The minimum atomic E-state index is -2.96. The number of halogens is 1. The van der Waals surface area contributed by atoms with Crippen molar-refractivity contribution in [3.8, 4) is 0 Å². The second-order valence-electron chi connectivity index (χ2n) is 4.28. The number of hydrogen-bond donors (Lipinski definition) is 1. The second kappa shape index (κ2) is 4.64. The van der Waals surface area contributed by atoms with Crippen molar-refractivity contribution < 1.29 is 8.42 Å². The van der Waals surface area contributed by atoms with E-state index in [1.165, 1.54) is 11.3 Å². The molecule has 1 fully saturated rings. The smallest absolute Gasteiger partial charge is 0.152 e. The van der Waals surface area contributed by atoms with Gasteiger partial charge in [-0.3, -0.25) is 0 Å². The van der Waals surface area contributed by atoms with E-state index in [4.69, 9.17) is 11.6 Å². The van der Waals surface area contributed by atoms with Gasteiger partial charge in [0.25, 0.3) is 0 Å². The molecule has 2 heterocycles. The van der Waals surface area contributed by atoms with Gasteiger partial charge in [-0.1, -0.05) is 18.5 Å². The van der Waals surface area contributed by atoms with Gasteiger partial charge in [0.05, 0.1) is 21.9 Å². The van der Waals surface area contributed by atoms with Crippen molar-refractivity contribution >= 4 is 32.8 Å². The van der Waals surface area contributed by atoms with Gasteiger partial charge >= 0.3 is 0 Å². The fraction of sp³-hybridized carbons (Fsp3) is 0.600. The zero-order chi connectivity index (χ0) is 11.8. The highest BCUT2D eigenvalue weighted by atomic mass is 35.5. The first-order valence-electron chi connectivity index (χ1n) is 5.15. The van der Waals surface area contributed by atoms with Crippen LogP contribution in [-0.2, 0) is 9.84 Å². The summed E-state index contributed by atoms with van der Waals surface area (Å²) in [4.78, 5) is 1.00. The van der Waals surface area contributed by atoms with Crippen molar-refractivity contribution in [2.75, 3.05) is 18.1 Å². The van der Waals surface area contributed by atoms with Crippen molar-refractivity contribution in [3.05, 3.63) is 21.3 Å². The highest BCUT2D eigenvalue weighted by Gasteiger charge is 2.27. The minimum Gasteiger partial charge on any atom is -0.308 e. The number of sulfone groups is 1. The quantitative estimate of drug-likeness (QED) is 0.856. The third kappa shape index (κ3) is 2.97. The maximum atomic E-state index is 11.8. The molecule has 1 aromatic rings. The van der Waals surface area contributed by atoms with Crippen LogP contribution in [0.3, 0.4) is 0 Å². The van der Waals surface area contributed by atoms with Gasteiger partial charge in [-0.2, -0.15) is 0 Å². The number of rotatable bonds is 1. The van der Waals surface area contributed by atoms with E-state index in [2.05, 4.69) is 5.32 Å². The van der Waals surface area contributed by atoms with Crippen LogP contribution in [0.1, 0.15) is 17.8 Å². The third-order valence-electron chi connectivity index (χ3n) is 2.61. The summed E-state index contributed by atoms with van der Waals surface area (Å²) in [5.41, 5.74) is 0. The summed E-state index contributed by atoms with van der Waals surface area (Å²) in [7, 11) is -2.96. The molecule has 0 aromatic carbocycles. The van der Waals surface area contributed by atoms with Crippen LogP contribution in [0.15, 0.2) is 12.1 Å². The molecule has 1 aliphatic heterocycles. The summed E-state index contributed by atoms with van der Waals surface area (Å²) < 4.78 is 24.3. The Balaban J connectivity index is 2.23. The van der Waals surface area contributed by atoms with Crippen LogP contribution >= 0.6 is 22.9 Å². The van der Waals surface area contributed by atoms with E-state index in [1.54, 1.807) is 0 Å². The van der Waals surface area contributed by atoms with Crippen LogP contribution in [0.5, 0.6) is 0 Å². The van der Waals surface area contributed by atoms with Gasteiger partial charge in [0.15, 0.2) is 9.84 Å². The highest BCUT2D eigenvalue weighted by Crippen LogP contribution is 2.29. The predicted octanol–water partition coefficient (Wildman–Crippen LogP) is 2.10. The van der Waals surface area contributed by atoms with E-state index in [1.807, 2.05) is 19.1 Å². The molecule has 1 aliphatic rings. The van der Waals surface area contributed by atoms with Crippen LogP contribution in [0, 0.1) is 5.92 Å². The highest BCUT2D eigenvalue weighted by molar-refractivity contribution is 7.91. The summed E-state index contributed by atoms with van der Waals surface area (Å²) in [5.74, 6) is 0.620. The molecular formula is C10H14ClNO2S2. The van der Waals surface area contributed by atoms with Crippen molar-refractivity contribution in [3.63, 3.8) is 0 Å². The molecule has 3 nitrogen and oxygen atoms in total. The van der Waals surface area contributed by atoms with Crippen LogP contribution in [0.4, 0.5) is 0 Å². The normalized spacial score (nSPS) is 29.9. The average molecular weight is 280 g/mol.